The third-order valence-corrected chi connectivity index (χ3v) is 7.99. The first-order valence-corrected chi connectivity index (χ1v) is 14.0. The number of carbonyl (C=O) groups is 2. The number of hydrogen-bond donors (Lipinski definition) is 1. The molecule has 1 atom stereocenters. The van der Waals surface area contributed by atoms with Gasteiger partial charge in [-0.25, -0.2) is 12.8 Å². The van der Waals surface area contributed by atoms with Crippen LogP contribution in [-0.2, 0) is 26.2 Å². The Balaban J connectivity index is 2.03. The van der Waals surface area contributed by atoms with E-state index in [4.69, 9.17) is 16.3 Å². The second kappa shape index (κ2) is 12.9. The monoisotopic (exact) mass is 575 g/mol. The summed E-state index contributed by atoms with van der Waals surface area (Å²) in [6, 6.07) is 16.8. The van der Waals surface area contributed by atoms with Gasteiger partial charge in [-0.1, -0.05) is 41.9 Å². The Labute approximate surface area is 233 Å². The third kappa shape index (κ3) is 7.48. The summed E-state index contributed by atoms with van der Waals surface area (Å²) in [6.07, 6.45) is 0. The minimum absolute atomic E-state index is 0.00212. The number of carbonyl (C=O) groups excluding carboxylic acids is 2. The number of amides is 2. The molecule has 0 fully saturated rings. The first-order valence-electron chi connectivity index (χ1n) is 12.2. The summed E-state index contributed by atoms with van der Waals surface area (Å²) in [6.45, 7) is 4.54. The topological polar surface area (TPSA) is 96.0 Å². The lowest BCUT2D eigenvalue weighted by atomic mass is 10.1. The van der Waals surface area contributed by atoms with Crippen molar-refractivity contribution in [2.75, 3.05) is 18.0 Å². The van der Waals surface area contributed by atoms with Crippen LogP contribution in [0.4, 0.5) is 10.1 Å². The molecule has 0 saturated heterocycles. The van der Waals surface area contributed by atoms with Gasteiger partial charge in [0, 0.05) is 12.6 Å². The molecule has 3 aromatic rings. The van der Waals surface area contributed by atoms with Gasteiger partial charge in [0.05, 0.1) is 22.7 Å². The Hall–Kier alpha value is -3.63. The van der Waals surface area contributed by atoms with E-state index < -0.39 is 40.2 Å². The van der Waals surface area contributed by atoms with E-state index in [1.54, 1.807) is 63.2 Å². The Kier molecular flexibility index (Phi) is 9.93. The molecule has 0 spiro atoms. The second-order valence-electron chi connectivity index (χ2n) is 9.13. The molecule has 0 aromatic heterocycles. The van der Waals surface area contributed by atoms with E-state index in [2.05, 4.69) is 5.32 Å². The summed E-state index contributed by atoms with van der Waals surface area (Å²) in [5, 5.41) is 2.49. The van der Waals surface area contributed by atoms with Crippen molar-refractivity contribution in [3.8, 4) is 5.75 Å². The largest absolute Gasteiger partial charge is 0.497 e. The van der Waals surface area contributed by atoms with Gasteiger partial charge in [0.1, 0.15) is 24.2 Å². The van der Waals surface area contributed by atoms with Crippen LogP contribution >= 0.6 is 11.6 Å². The fourth-order valence-corrected chi connectivity index (χ4v) is 5.41. The quantitative estimate of drug-likeness (QED) is 0.360. The average Bonchev–Trinajstić information content (AvgIpc) is 2.91. The molecule has 0 radical (unpaired) electrons. The molecule has 208 valence electrons. The normalized spacial score (nSPS) is 12.1. The van der Waals surface area contributed by atoms with Gasteiger partial charge in [0.2, 0.25) is 11.8 Å². The second-order valence-corrected chi connectivity index (χ2v) is 11.4. The number of halogens is 2. The average molecular weight is 576 g/mol. The number of nitrogens with zero attached hydrogens (tertiary/aromatic N) is 2. The van der Waals surface area contributed by atoms with Crippen molar-refractivity contribution in [2.45, 2.75) is 44.3 Å². The highest BCUT2D eigenvalue weighted by Crippen LogP contribution is 2.28. The van der Waals surface area contributed by atoms with E-state index in [0.29, 0.717) is 11.3 Å². The smallest absolute Gasteiger partial charge is 0.264 e. The summed E-state index contributed by atoms with van der Waals surface area (Å²) in [4.78, 5) is 28.0. The van der Waals surface area contributed by atoms with Gasteiger partial charge in [-0.15, -0.1) is 0 Å². The van der Waals surface area contributed by atoms with E-state index in [-0.39, 0.29) is 28.2 Å². The highest BCUT2D eigenvalue weighted by Gasteiger charge is 2.33. The lowest BCUT2D eigenvalue weighted by Gasteiger charge is -2.32. The van der Waals surface area contributed by atoms with Gasteiger partial charge in [0.25, 0.3) is 10.0 Å². The van der Waals surface area contributed by atoms with E-state index in [1.165, 1.54) is 30.2 Å². The molecule has 0 saturated carbocycles. The maximum Gasteiger partial charge on any atom is 0.264 e. The predicted octanol–water partition coefficient (Wildman–Crippen LogP) is 4.62. The summed E-state index contributed by atoms with van der Waals surface area (Å²) in [5.74, 6) is -1.15. The Bertz CT molecular complexity index is 1400. The number of methoxy groups -OCH3 is 1. The van der Waals surface area contributed by atoms with Crippen molar-refractivity contribution >= 4 is 39.1 Å². The minimum atomic E-state index is -4.27. The predicted molar refractivity (Wildman–Crippen MR) is 149 cm³/mol. The molecule has 0 aliphatic carbocycles. The number of ether oxygens (including phenoxy) is 1. The molecule has 0 aliphatic heterocycles. The molecule has 1 N–H and O–H groups in total. The van der Waals surface area contributed by atoms with Gasteiger partial charge in [-0.3, -0.25) is 13.9 Å². The highest BCUT2D eigenvalue weighted by molar-refractivity contribution is 7.92. The molecule has 3 aromatic carbocycles. The first kappa shape index (κ1) is 29.9. The van der Waals surface area contributed by atoms with E-state index >= 15 is 0 Å². The summed E-state index contributed by atoms with van der Waals surface area (Å²) >= 11 is 5.97. The van der Waals surface area contributed by atoms with Crippen LogP contribution in [0.25, 0.3) is 0 Å². The molecular weight excluding hydrogens is 545 g/mol. The maximum atomic E-state index is 13.9. The van der Waals surface area contributed by atoms with Gasteiger partial charge in [-0.2, -0.15) is 0 Å². The van der Waals surface area contributed by atoms with Gasteiger partial charge in [0.15, 0.2) is 0 Å². The van der Waals surface area contributed by atoms with Gasteiger partial charge in [-0.05, 0) is 68.8 Å². The van der Waals surface area contributed by atoms with Crippen LogP contribution in [0.5, 0.6) is 5.75 Å². The molecule has 0 heterocycles. The van der Waals surface area contributed by atoms with Crippen molar-refractivity contribution in [3.05, 3.63) is 89.2 Å². The molecule has 3 rings (SSSR count). The van der Waals surface area contributed by atoms with Crippen LogP contribution in [0.2, 0.25) is 5.02 Å². The number of anilines is 1. The molecule has 39 heavy (non-hydrogen) atoms. The molecule has 8 nitrogen and oxygen atoms in total. The van der Waals surface area contributed by atoms with Crippen LogP contribution < -0.4 is 14.4 Å². The number of hydrogen-bond acceptors (Lipinski definition) is 5. The zero-order valence-corrected chi connectivity index (χ0v) is 23.7. The van der Waals surface area contributed by atoms with Crippen molar-refractivity contribution in [2.24, 2.45) is 0 Å². The minimum Gasteiger partial charge on any atom is -0.497 e. The van der Waals surface area contributed by atoms with Crippen LogP contribution in [-0.4, -0.2) is 50.9 Å². The van der Waals surface area contributed by atoms with E-state index in [9.17, 15) is 22.4 Å². The molecule has 1 unspecified atom stereocenters. The Morgan fingerprint density at radius 3 is 2.21 bits per heavy atom. The van der Waals surface area contributed by atoms with E-state index in [1.807, 2.05) is 0 Å². The van der Waals surface area contributed by atoms with Crippen molar-refractivity contribution in [3.63, 3.8) is 0 Å². The standard InChI is InChI=1S/C28H31ClFN3O5S/c1-19(2)31-28(35)20(3)32(17-21-10-13-23(38-4)14-11-21)27(34)18-33(22-12-15-26(30)25(29)16-22)39(36,37)24-8-6-5-7-9-24/h5-16,19-20H,17-18H2,1-4H3,(H,31,35). The molecular formula is C28H31ClFN3O5S. The first-order chi connectivity index (χ1) is 18.4. The lowest BCUT2D eigenvalue weighted by Crippen LogP contribution is -2.52. The van der Waals surface area contributed by atoms with Crippen molar-refractivity contribution in [1.29, 1.82) is 0 Å². The number of benzene rings is 3. The Morgan fingerprint density at radius 2 is 1.64 bits per heavy atom. The lowest BCUT2D eigenvalue weighted by molar-refractivity contribution is -0.139. The van der Waals surface area contributed by atoms with Crippen molar-refractivity contribution < 1.29 is 27.1 Å². The van der Waals surface area contributed by atoms with E-state index in [0.717, 1.165) is 16.4 Å². The van der Waals surface area contributed by atoms with Crippen LogP contribution in [0.15, 0.2) is 77.7 Å². The van der Waals surface area contributed by atoms with Crippen LogP contribution in [0, 0.1) is 5.82 Å². The van der Waals surface area contributed by atoms with Gasteiger partial charge >= 0.3 is 0 Å². The fourth-order valence-electron chi connectivity index (χ4n) is 3.80. The van der Waals surface area contributed by atoms with Gasteiger partial charge < -0.3 is 15.0 Å². The zero-order valence-electron chi connectivity index (χ0n) is 22.1. The van der Waals surface area contributed by atoms with Crippen LogP contribution in [0.3, 0.4) is 0 Å². The summed E-state index contributed by atoms with van der Waals surface area (Å²) in [5.41, 5.74) is 0.706. The third-order valence-electron chi connectivity index (χ3n) is 5.91. The number of nitrogens with one attached hydrogen (secondary N) is 1. The molecule has 0 bridgehead atoms. The van der Waals surface area contributed by atoms with Crippen molar-refractivity contribution in [1.82, 2.24) is 10.2 Å². The maximum absolute atomic E-state index is 13.9. The Morgan fingerprint density at radius 1 is 1.00 bits per heavy atom. The molecule has 11 heteroatoms. The zero-order chi connectivity index (χ0) is 28.7. The summed E-state index contributed by atoms with van der Waals surface area (Å²) < 4.78 is 47.4. The number of rotatable bonds is 11. The number of sulfonamides is 1. The SMILES string of the molecule is COc1ccc(CN(C(=O)CN(c2ccc(F)c(Cl)c2)S(=O)(=O)c2ccccc2)C(C)C(=O)NC(C)C)cc1. The highest BCUT2D eigenvalue weighted by atomic mass is 35.5. The fraction of sp³-hybridized carbons (Fsp3) is 0.286. The summed E-state index contributed by atoms with van der Waals surface area (Å²) in [7, 11) is -2.74. The molecule has 0 aliphatic rings. The molecule has 2 amide bonds. The van der Waals surface area contributed by atoms with Crippen LogP contribution in [0.1, 0.15) is 26.3 Å².